The van der Waals surface area contributed by atoms with E-state index in [0.717, 1.165) is 17.9 Å². The third kappa shape index (κ3) is 3.69. The van der Waals surface area contributed by atoms with Crippen molar-refractivity contribution in [2.24, 2.45) is 5.92 Å². The number of hydrogen-bond donors (Lipinski definition) is 1. The predicted octanol–water partition coefficient (Wildman–Crippen LogP) is 2.75. The predicted molar refractivity (Wildman–Crippen MR) is 77.5 cm³/mol. The molecule has 0 aliphatic carbocycles. The lowest BCUT2D eigenvalue weighted by Crippen LogP contribution is -2.37. The minimum Gasteiger partial charge on any atom is -0.383 e. The van der Waals surface area contributed by atoms with Gasteiger partial charge in [-0.05, 0) is 18.1 Å². The number of nitrogens with one attached hydrogen (secondary N) is 1. The molecule has 2 aromatic rings. The number of halogens is 1. The zero-order chi connectivity index (χ0) is 13.8. The molecule has 19 heavy (non-hydrogen) atoms. The number of nitrogens with zero attached hydrogens (tertiary/aromatic N) is 2. The Bertz CT molecular complexity index is 538. The summed E-state index contributed by atoms with van der Waals surface area (Å²) in [7, 11) is 1.73. The van der Waals surface area contributed by atoms with Crippen LogP contribution in [0, 0.1) is 5.92 Å². The second-order valence-electron chi connectivity index (χ2n) is 5.03. The minimum atomic E-state index is 0.332. The third-order valence-corrected chi connectivity index (χ3v) is 3.38. The zero-order valence-electron chi connectivity index (χ0n) is 11.6. The van der Waals surface area contributed by atoms with Gasteiger partial charge in [-0.15, -0.1) is 0 Å². The van der Waals surface area contributed by atoms with Crippen molar-refractivity contribution in [3.8, 4) is 0 Å². The van der Waals surface area contributed by atoms with Crippen molar-refractivity contribution in [2.75, 3.05) is 13.7 Å². The van der Waals surface area contributed by atoms with Crippen LogP contribution in [0.25, 0.3) is 5.65 Å². The zero-order valence-corrected chi connectivity index (χ0v) is 12.3. The lowest BCUT2D eigenvalue weighted by molar-refractivity contribution is 0.146. The maximum atomic E-state index is 5.96. The van der Waals surface area contributed by atoms with Gasteiger partial charge in [0.2, 0.25) is 0 Å². The molecule has 0 aliphatic rings. The number of fused-ring (bicyclic) bond motifs is 1. The quantitative estimate of drug-likeness (QED) is 0.885. The van der Waals surface area contributed by atoms with Gasteiger partial charge in [-0.2, -0.15) is 0 Å². The van der Waals surface area contributed by atoms with Gasteiger partial charge in [0.1, 0.15) is 5.65 Å². The Morgan fingerprint density at radius 1 is 1.37 bits per heavy atom. The van der Waals surface area contributed by atoms with Crippen LogP contribution >= 0.6 is 11.6 Å². The van der Waals surface area contributed by atoms with Crippen molar-refractivity contribution >= 4 is 17.2 Å². The molecule has 0 radical (unpaired) electrons. The summed E-state index contributed by atoms with van der Waals surface area (Å²) in [5, 5.41) is 4.19. The molecule has 1 atom stereocenters. The topological polar surface area (TPSA) is 38.6 Å². The van der Waals surface area contributed by atoms with Gasteiger partial charge in [-0.1, -0.05) is 25.4 Å². The van der Waals surface area contributed by atoms with Crippen LogP contribution in [0.3, 0.4) is 0 Å². The van der Waals surface area contributed by atoms with E-state index < -0.39 is 0 Å². The second-order valence-corrected chi connectivity index (χ2v) is 5.47. The van der Waals surface area contributed by atoms with Crippen molar-refractivity contribution in [2.45, 2.75) is 26.4 Å². The van der Waals surface area contributed by atoms with Gasteiger partial charge in [-0.3, -0.25) is 0 Å². The third-order valence-electron chi connectivity index (χ3n) is 3.16. The molecule has 0 spiro atoms. The molecule has 5 heteroatoms. The van der Waals surface area contributed by atoms with Crippen molar-refractivity contribution in [1.82, 2.24) is 14.7 Å². The second kappa shape index (κ2) is 6.37. The Hall–Kier alpha value is -1.10. The van der Waals surface area contributed by atoms with Gasteiger partial charge >= 0.3 is 0 Å². The maximum Gasteiger partial charge on any atom is 0.137 e. The van der Waals surface area contributed by atoms with E-state index in [9.17, 15) is 0 Å². The monoisotopic (exact) mass is 281 g/mol. The summed E-state index contributed by atoms with van der Waals surface area (Å²) in [4.78, 5) is 4.55. The Balaban J connectivity index is 2.04. The van der Waals surface area contributed by atoms with Crippen LogP contribution in [0.15, 0.2) is 24.5 Å². The average Bonchev–Trinajstić information content (AvgIpc) is 2.75. The highest BCUT2D eigenvalue weighted by molar-refractivity contribution is 6.30. The normalized spacial score (nSPS) is 13.3. The Kier molecular flexibility index (Phi) is 4.80. The Morgan fingerprint density at radius 3 is 2.84 bits per heavy atom. The summed E-state index contributed by atoms with van der Waals surface area (Å²) < 4.78 is 7.17. The Morgan fingerprint density at radius 2 is 2.16 bits per heavy atom. The van der Waals surface area contributed by atoms with Crippen molar-refractivity contribution in [3.05, 3.63) is 35.2 Å². The van der Waals surface area contributed by atoms with Crippen molar-refractivity contribution in [3.63, 3.8) is 0 Å². The number of pyridine rings is 1. The number of ether oxygens (including phenoxy) is 1. The van der Waals surface area contributed by atoms with E-state index in [1.54, 1.807) is 7.11 Å². The molecule has 4 nitrogen and oxygen atoms in total. The molecule has 0 fully saturated rings. The van der Waals surface area contributed by atoms with Gasteiger partial charge in [0, 0.05) is 32.1 Å². The summed E-state index contributed by atoms with van der Waals surface area (Å²) >= 11 is 5.96. The molecule has 2 aromatic heterocycles. The van der Waals surface area contributed by atoms with E-state index >= 15 is 0 Å². The SMILES string of the molecule is COCC(NCc1cn2cc(Cl)ccc2n1)C(C)C. The van der Waals surface area contributed by atoms with Crippen molar-refractivity contribution in [1.29, 1.82) is 0 Å². The number of rotatable bonds is 6. The highest BCUT2D eigenvalue weighted by atomic mass is 35.5. The lowest BCUT2D eigenvalue weighted by Gasteiger charge is -2.20. The summed E-state index contributed by atoms with van der Waals surface area (Å²) in [6.07, 6.45) is 3.86. The first-order chi connectivity index (χ1) is 9.10. The van der Waals surface area contributed by atoms with E-state index in [-0.39, 0.29) is 0 Å². The molecule has 0 saturated carbocycles. The molecule has 0 bridgehead atoms. The molecule has 1 N–H and O–H groups in total. The molecule has 0 saturated heterocycles. The summed E-state index contributed by atoms with van der Waals surface area (Å²) in [6.45, 7) is 5.79. The first-order valence-electron chi connectivity index (χ1n) is 6.45. The molecule has 104 valence electrons. The molecule has 0 aliphatic heterocycles. The van der Waals surface area contributed by atoms with E-state index in [2.05, 4.69) is 24.1 Å². The summed E-state index contributed by atoms with van der Waals surface area (Å²) in [5.74, 6) is 0.520. The van der Waals surface area contributed by atoms with Gasteiger partial charge in [0.15, 0.2) is 0 Å². The number of hydrogen-bond acceptors (Lipinski definition) is 3. The fraction of sp³-hybridized carbons (Fsp3) is 0.500. The fourth-order valence-corrected chi connectivity index (χ4v) is 2.17. The fourth-order valence-electron chi connectivity index (χ4n) is 2.00. The number of imidazole rings is 1. The largest absolute Gasteiger partial charge is 0.383 e. The molecular formula is C14H20ClN3O. The van der Waals surface area contributed by atoms with E-state index in [1.807, 2.05) is 28.9 Å². The van der Waals surface area contributed by atoms with Crippen molar-refractivity contribution < 1.29 is 4.74 Å². The number of aromatic nitrogens is 2. The lowest BCUT2D eigenvalue weighted by atomic mass is 10.1. The van der Waals surface area contributed by atoms with Gasteiger partial charge in [0.25, 0.3) is 0 Å². The van der Waals surface area contributed by atoms with Crippen LogP contribution in [0.5, 0.6) is 0 Å². The molecule has 0 amide bonds. The van der Waals surface area contributed by atoms with E-state index in [1.165, 1.54) is 0 Å². The van der Waals surface area contributed by atoms with Crippen LogP contribution in [0.4, 0.5) is 0 Å². The highest BCUT2D eigenvalue weighted by Crippen LogP contribution is 2.12. The van der Waals surface area contributed by atoms with Crippen LogP contribution in [-0.4, -0.2) is 29.1 Å². The van der Waals surface area contributed by atoms with Crippen LogP contribution in [-0.2, 0) is 11.3 Å². The Labute approximate surface area is 118 Å². The molecular weight excluding hydrogens is 262 g/mol. The van der Waals surface area contributed by atoms with E-state index in [4.69, 9.17) is 16.3 Å². The number of methoxy groups -OCH3 is 1. The summed E-state index contributed by atoms with van der Waals surface area (Å²) in [6, 6.07) is 4.10. The molecule has 0 aromatic carbocycles. The standard InChI is InChI=1S/C14H20ClN3O/c1-10(2)13(9-19-3)16-6-12-8-18-7-11(15)4-5-14(18)17-12/h4-5,7-8,10,13,16H,6,9H2,1-3H3. The minimum absolute atomic E-state index is 0.332. The molecule has 2 rings (SSSR count). The highest BCUT2D eigenvalue weighted by Gasteiger charge is 2.13. The first kappa shape index (κ1) is 14.3. The smallest absolute Gasteiger partial charge is 0.137 e. The molecule has 1 unspecified atom stereocenters. The van der Waals surface area contributed by atoms with E-state index in [0.29, 0.717) is 23.6 Å². The summed E-state index contributed by atoms with van der Waals surface area (Å²) in [5.41, 5.74) is 1.91. The average molecular weight is 282 g/mol. The maximum absolute atomic E-state index is 5.96. The molecule has 2 heterocycles. The van der Waals surface area contributed by atoms with Gasteiger partial charge < -0.3 is 14.5 Å². The first-order valence-corrected chi connectivity index (χ1v) is 6.83. The van der Waals surface area contributed by atoms with Gasteiger partial charge in [0.05, 0.1) is 17.3 Å². The van der Waals surface area contributed by atoms with Crippen LogP contribution in [0.2, 0.25) is 5.02 Å². The van der Waals surface area contributed by atoms with Crippen LogP contribution in [0.1, 0.15) is 19.5 Å². The van der Waals surface area contributed by atoms with Crippen LogP contribution < -0.4 is 5.32 Å². The van der Waals surface area contributed by atoms with Gasteiger partial charge in [-0.25, -0.2) is 4.98 Å².